The Bertz CT molecular complexity index is 1230. The fourth-order valence-electron chi connectivity index (χ4n) is 5.23. The topological polar surface area (TPSA) is 43.9 Å². The smallest absolute Gasteiger partial charge is 0.254 e. The van der Waals surface area contributed by atoms with E-state index in [1.54, 1.807) is 23.5 Å². The average molecular weight is 492 g/mol. The van der Waals surface area contributed by atoms with Crippen molar-refractivity contribution in [1.29, 1.82) is 0 Å². The zero-order valence-electron chi connectivity index (χ0n) is 20.0. The average Bonchev–Trinajstić information content (AvgIpc) is 3.19. The molecule has 0 radical (unpaired) electrons. The molecule has 2 aliphatic rings. The van der Waals surface area contributed by atoms with Crippen LogP contribution in [-0.4, -0.2) is 65.8 Å². The Labute approximate surface area is 209 Å². The van der Waals surface area contributed by atoms with Crippen molar-refractivity contribution in [2.75, 3.05) is 39.3 Å². The number of fused-ring (bicyclic) bond motifs is 1. The molecule has 0 N–H and O–H groups in total. The first-order valence-corrected chi connectivity index (χ1v) is 13.1. The number of aryl methyl sites for hydroxylation is 1. The minimum absolute atomic E-state index is 0.0320. The lowest BCUT2D eigenvalue weighted by molar-refractivity contribution is -0.132. The Morgan fingerprint density at radius 3 is 2.60 bits per heavy atom. The monoisotopic (exact) mass is 491 g/mol. The highest BCUT2D eigenvalue weighted by Gasteiger charge is 2.32. The Morgan fingerprint density at radius 1 is 0.971 bits per heavy atom. The van der Waals surface area contributed by atoms with Crippen molar-refractivity contribution in [2.45, 2.75) is 25.8 Å². The molecule has 35 heavy (non-hydrogen) atoms. The van der Waals surface area contributed by atoms with Gasteiger partial charge in [-0.05, 0) is 66.1 Å². The largest absolute Gasteiger partial charge is 0.340 e. The number of hydrogen-bond acceptors (Lipinski definition) is 4. The highest BCUT2D eigenvalue weighted by Crippen LogP contribution is 2.37. The minimum atomic E-state index is -0.262. The first-order chi connectivity index (χ1) is 17.0. The van der Waals surface area contributed by atoms with E-state index in [0.717, 1.165) is 36.1 Å². The molecule has 3 heterocycles. The summed E-state index contributed by atoms with van der Waals surface area (Å²) in [6.07, 6.45) is 1.65. The van der Waals surface area contributed by atoms with Gasteiger partial charge in [0.25, 0.3) is 5.91 Å². The zero-order valence-corrected chi connectivity index (χ0v) is 20.8. The van der Waals surface area contributed by atoms with E-state index in [-0.39, 0.29) is 30.2 Å². The van der Waals surface area contributed by atoms with E-state index in [2.05, 4.69) is 16.3 Å². The maximum atomic E-state index is 14.1. The number of nitrogens with zero attached hydrogens (tertiary/aromatic N) is 3. The van der Waals surface area contributed by atoms with Gasteiger partial charge in [0, 0.05) is 43.2 Å². The van der Waals surface area contributed by atoms with Crippen molar-refractivity contribution >= 4 is 23.2 Å². The molecule has 0 saturated carbocycles. The van der Waals surface area contributed by atoms with Crippen LogP contribution in [0.1, 0.15) is 44.4 Å². The van der Waals surface area contributed by atoms with Crippen LogP contribution >= 0.6 is 11.3 Å². The Morgan fingerprint density at radius 2 is 1.77 bits per heavy atom. The van der Waals surface area contributed by atoms with Crippen LogP contribution in [0, 0.1) is 12.7 Å². The number of carbonyl (C=O) groups is 2. The lowest BCUT2D eigenvalue weighted by Crippen LogP contribution is -2.45. The second-order valence-corrected chi connectivity index (χ2v) is 10.3. The maximum absolute atomic E-state index is 14.1. The molecule has 7 heteroatoms. The standard InChI is InChI=1S/C28H30FN3O2S/c1-20-6-2-3-9-23(20)28(34)31-13-5-12-30(15-16-31)26(33)19-32-14-10-25-24(11-17-35-25)27(32)21-7-4-8-22(29)18-21/h2-4,6-9,11,17-18,27H,5,10,12-16,19H2,1H3/t27-/m1/s1. The summed E-state index contributed by atoms with van der Waals surface area (Å²) in [5, 5.41) is 2.08. The number of thiophene rings is 1. The van der Waals surface area contributed by atoms with Crippen molar-refractivity contribution in [3.63, 3.8) is 0 Å². The van der Waals surface area contributed by atoms with Crippen LogP contribution in [0.2, 0.25) is 0 Å². The molecule has 5 rings (SSSR count). The first kappa shape index (κ1) is 23.7. The van der Waals surface area contributed by atoms with Gasteiger partial charge in [-0.2, -0.15) is 0 Å². The molecular weight excluding hydrogens is 461 g/mol. The Hall–Kier alpha value is -3.03. The summed E-state index contributed by atoms with van der Waals surface area (Å²) >= 11 is 1.73. The second kappa shape index (κ2) is 10.3. The van der Waals surface area contributed by atoms with Gasteiger partial charge >= 0.3 is 0 Å². The van der Waals surface area contributed by atoms with Gasteiger partial charge in [0.2, 0.25) is 5.91 Å². The molecule has 182 valence electrons. The summed E-state index contributed by atoms with van der Waals surface area (Å²) in [5.41, 5.74) is 3.75. The number of hydrogen-bond donors (Lipinski definition) is 0. The molecule has 2 aromatic carbocycles. The second-order valence-electron chi connectivity index (χ2n) is 9.32. The van der Waals surface area contributed by atoms with Gasteiger partial charge in [0.15, 0.2) is 0 Å². The summed E-state index contributed by atoms with van der Waals surface area (Å²) in [6, 6.07) is 16.3. The van der Waals surface area contributed by atoms with Crippen LogP contribution in [0.4, 0.5) is 4.39 Å². The molecule has 1 fully saturated rings. The van der Waals surface area contributed by atoms with Gasteiger partial charge in [0.05, 0.1) is 12.6 Å². The molecule has 0 aliphatic carbocycles. The third kappa shape index (κ3) is 5.02. The van der Waals surface area contributed by atoms with Crippen LogP contribution in [-0.2, 0) is 11.2 Å². The van der Waals surface area contributed by atoms with Gasteiger partial charge in [0.1, 0.15) is 5.82 Å². The molecular formula is C28H30FN3O2S. The molecule has 5 nitrogen and oxygen atoms in total. The Balaban J connectivity index is 1.28. The summed E-state index contributed by atoms with van der Waals surface area (Å²) in [5.74, 6) is -0.165. The van der Waals surface area contributed by atoms with E-state index in [1.807, 2.05) is 47.1 Å². The molecule has 1 atom stereocenters. The number of rotatable bonds is 4. The zero-order chi connectivity index (χ0) is 24.4. The SMILES string of the molecule is Cc1ccccc1C(=O)N1CCCN(C(=O)CN2CCc3sccc3[C@H]2c2cccc(F)c2)CC1. The van der Waals surface area contributed by atoms with Crippen molar-refractivity contribution < 1.29 is 14.0 Å². The van der Waals surface area contributed by atoms with Crippen LogP contribution in [0.25, 0.3) is 0 Å². The van der Waals surface area contributed by atoms with Crippen molar-refractivity contribution in [3.05, 3.63) is 92.9 Å². The number of amides is 2. The fourth-order valence-corrected chi connectivity index (χ4v) is 6.14. The van der Waals surface area contributed by atoms with Crippen LogP contribution in [0.3, 0.4) is 0 Å². The summed E-state index contributed by atoms with van der Waals surface area (Å²) in [6.45, 7) is 5.32. The van der Waals surface area contributed by atoms with Gasteiger partial charge in [-0.15, -0.1) is 11.3 Å². The fraction of sp³-hybridized carbons (Fsp3) is 0.357. The van der Waals surface area contributed by atoms with Crippen LogP contribution in [0.15, 0.2) is 60.0 Å². The van der Waals surface area contributed by atoms with E-state index in [0.29, 0.717) is 26.2 Å². The van der Waals surface area contributed by atoms with Crippen LogP contribution in [0.5, 0.6) is 0 Å². The molecule has 0 spiro atoms. The number of halogens is 1. The molecule has 3 aromatic rings. The lowest BCUT2D eigenvalue weighted by atomic mass is 9.93. The van der Waals surface area contributed by atoms with Gasteiger partial charge in [-0.3, -0.25) is 14.5 Å². The van der Waals surface area contributed by atoms with E-state index in [4.69, 9.17) is 0 Å². The van der Waals surface area contributed by atoms with E-state index in [1.165, 1.54) is 16.5 Å². The molecule has 0 unspecified atom stereocenters. The number of benzene rings is 2. The molecule has 1 saturated heterocycles. The molecule has 0 bridgehead atoms. The highest BCUT2D eigenvalue weighted by molar-refractivity contribution is 7.10. The summed E-state index contributed by atoms with van der Waals surface area (Å²) in [4.78, 5) is 33.7. The van der Waals surface area contributed by atoms with Crippen LogP contribution < -0.4 is 0 Å². The summed E-state index contributed by atoms with van der Waals surface area (Å²) < 4.78 is 14.1. The van der Waals surface area contributed by atoms with Crippen molar-refractivity contribution in [2.24, 2.45) is 0 Å². The predicted octanol–water partition coefficient (Wildman–Crippen LogP) is 4.52. The summed E-state index contributed by atoms with van der Waals surface area (Å²) in [7, 11) is 0. The minimum Gasteiger partial charge on any atom is -0.340 e. The molecule has 2 amide bonds. The molecule has 1 aromatic heterocycles. The molecule has 2 aliphatic heterocycles. The van der Waals surface area contributed by atoms with E-state index in [9.17, 15) is 14.0 Å². The van der Waals surface area contributed by atoms with E-state index >= 15 is 0 Å². The lowest BCUT2D eigenvalue weighted by Gasteiger charge is -2.37. The normalized spacial score (nSPS) is 18.7. The maximum Gasteiger partial charge on any atom is 0.254 e. The van der Waals surface area contributed by atoms with Gasteiger partial charge in [-0.25, -0.2) is 4.39 Å². The first-order valence-electron chi connectivity index (χ1n) is 12.2. The third-order valence-electron chi connectivity index (χ3n) is 7.08. The Kier molecular flexibility index (Phi) is 6.97. The van der Waals surface area contributed by atoms with Crippen molar-refractivity contribution in [3.8, 4) is 0 Å². The van der Waals surface area contributed by atoms with Crippen molar-refractivity contribution in [1.82, 2.24) is 14.7 Å². The quantitative estimate of drug-likeness (QED) is 0.539. The van der Waals surface area contributed by atoms with E-state index < -0.39 is 0 Å². The van der Waals surface area contributed by atoms with Gasteiger partial charge < -0.3 is 9.80 Å². The van der Waals surface area contributed by atoms with Gasteiger partial charge in [-0.1, -0.05) is 30.3 Å². The predicted molar refractivity (Wildman–Crippen MR) is 136 cm³/mol. The number of carbonyl (C=O) groups excluding carboxylic acids is 2. The highest BCUT2D eigenvalue weighted by atomic mass is 32.1. The third-order valence-corrected chi connectivity index (χ3v) is 8.08.